The lowest BCUT2D eigenvalue weighted by atomic mass is 9.97. The molecular formula is C13H14N2O4. The summed E-state index contributed by atoms with van der Waals surface area (Å²) in [5.74, 6) is -0.428. The van der Waals surface area contributed by atoms with Crippen LogP contribution in [0, 0.1) is 13.8 Å². The van der Waals surface area contributed by atoms with Gasteiger partial charge in [0.2, 0.25) is 0 Å². The molecule has 0 spiro atoms. The highest BCUT2D eigenvalue weighted by atomic mass is 16.5. The van der Waals surface area contributed by atoms with Gasteiger partial charge in [0.1, 0.15) is 6.61 Å². The second-order valence-electron chi connectivity index (χ2n) is 4.20. The van der Waals surface area contributed by atoms with Crippen LogP contribution in [0.3, 0.4) is 0 Å². The maximum absolute atomic E-state index is 11.4. The first-order valence-electron chi connectivity index (χ1n) is 5.70. The fourth-order valence-corrected chi connectivity index (χ4v) is 1.91. The monoisotopic (exact) mass is 262 g/mol. The van der Waals surface area contributed by atoms with E-state index in [1.165, 1.54) is 7.11 Å². The van der Waals surface area contributed by atoms with Gasteiger partial charge in [0, 0.05) is 7.11 Å². The molecule has 1 heterocycles. The third-order valence-electron chi connectivity index (χ3n) is 2.79. The number of ether oxygens (including phenoxy) is 1. The molecule has 0 saturated heterocycles. The molecule has 0 aliphatic carbocycles. The number of aryl methyl sites for hydroxylation is 2. The number of aromatic nitrogens is 2. The zero-order chi connectivity index (χ0) is 14.0. The number of nitrogens with zero attached hydrogens (tertiary/aromatic N) is 2. The maximum Gasteiger partial charge on any atom is 0.336 e. The van der Waals surface area contributed by atoms with Crippen LogP contribution in [-0.2, 0) is 11.3 Å². The lowest BCUT2D eigenvalue weighted by molar-refractivity contribution is 0.0696. The maximum atomic E-state index is 11.4. The van der Waals surface area contributed by atoms with E-state index in [2.05, 4.69) is 10.1 Å². The van der Waals surface area contributed by atoms with E-state index in [9.17, 15) is 9.90 Å². The van der Waals surface area contributed by atoms with Crippen molar-refractivity contribution in [1.29, 1.82) is 0 Å². The molecule has 0 saturated carbocycles. The summed E-state index contributed by atoms with van der Waals surface area (Å²) in [6, 6.07) is 3.59. The normalized spacial score (nSPS) is 10.7. The number of hydrogen-bond donors (Lipinski definition) is 1. The Labute approximate surface area is 110 Å². The molecule has 0 radical (unpaired) electrons. The van der Waals surface area contributed by atoms with Gasteiger partial charge < -0.3 is 14.4 Å². The van der Waals surface area contributed by atoms with Gasteiger partial charge in [-0.2, -0.15) is 4.98 Å². The summed E-state index contributed by atoms with van der Waals surface area (Å²) in [6.45, 7) is 3.76. The molecule has 6 nitrogen and oxygen atoms in total. The summed E-state index contributed by atoms with van der Waals surface area (Å²) in [4.78, 5) is 15.5. The van der Waals surface area contributed by atoms with Crippen LogP contribution >= 0.6 is 0 Å². The fourth-order valence-electron chi connectivity index (χ4n) is 1.91. The van der Waals surface area contributed by atoms with E-state index < -0.39 is 5.97 Å². The predicted octanol–water partition coefficient (Wildman–Crippen LogP) is 2.20. The zero-order valence-electron chi connectivity index (χ0n) is 10.9. The fraction of sp³-hybridized carbons (Fsp3) is 0.308. The zero-order valence-corrected chi connectivity index (χ0v) is 10.9. The van der Waals surface area contributed by atoms with Crippen LogP contribution in [0.25, 0.3) is 11.5 Å². The van der Waals surface area contributed by atoms with E-state index in [4.69, 9.17) is 9.26 Å². The van der Waals surface area contributed by atoms with Crippen LogP contribution in [0.4, 0.5) is 0 Å². The summed E-state index contributed by atoms with van der Waals surface area (Å²) in [7, 11) is 1.52. The van der Waals surface area contributed by atoms with Crippen molar-refractivity contribution in [1.82, 2.24) is 10.1 Å². The van der Waals surface area contributed by atoms with Gasteiger partial charge in [0.15, 0.2) is 5.82 Å². The number of carboxylic acids is 1. The summed E-state index contributed by atoms with van der Waals surface area (Å²) < 4.78 is 10.0. The Morgan fingerprint density at radius 1 is 1.37 bits per heavy atom. The number of carbonyl (C=O) groups is 1. The van der Waals surface area contributed by atoms with Gasteiger partial charge in [0.05, 0.1) is 11.1 Å². The second kappa shape index (κ2) is 5.19. The Morgan fingerprint density at radius 2 is 2.05 bits per heavy atom. The van der Waals surface area contributed by atoms with Crippen LogP contribution in [0.1, 0.15) is 27.3 Å². The van der Waals surface area contributed by atoms with Gasteiger partial charge in [-0.1, -0.05) is 17.3 Å². The number of benzene rings is 1. The summed E-state index contributed by atoms with van der Waals surface area (Å²) in [6.07, 6.45) is 0. The predicted molar refractivity (Wildman–Crippen MR) is 66.9 cm³/mol. The van der Waals surface area contributed by atoms with E-state index >= 15 is 0 Å². The molecule has 1 N–H and O–H groups in total. The first kappa shape index (κ1) is 13.2. The molecule has 0 fully saturated rings. The Kier molecular flexibility index (Phi) is 3.62. The highest BCUT2D eigenvalue weighted by molar-refractivity contribution is 5.97. The third-order valence-corrected chi connectivity index (χ3v) is 2.79. The quantitative estimate of drug-likeness (QED) is 0.909. The highest BCUT2D eigenvalue weighted by Gasteiger charge is 2.21. The molecule has 0 atom stereocenters. The van der Waals surface area contributed by atoms with E-state index in [-0.39, 0.29) is 18.1 Å². The van der Waals surface area contributed by atoms with Crippen molar-refractivity contribution in [2.24, 2.45) is 0 Å². The number of rotatable bonds is 4. The number of hydrogen-bond acceptors (Lipinski definition) is 5. The number of aromatic carboxylic acids is 1. The van der Waals surface area contributed by atoms with Crippen LogP contribution in [0.5, 0.6) is 0 Å². The Balaban J connectivity index is 2.59. The average molecular weight is 262 g/mol. The molecular weight excluding hydrogens is 248 g/mol. The van der Waals surface area contributed by atoms with Crippen molar-refractivity contribution in [2.75, 3.05) is 7.11 Å². The minimum Gasteiger partial charge on any atom is -0.478 e. The SMILES string of the molecule is COCc1noc(-c2c(C)ccc(C)c2C(=O)O)n1. The number of carboxylic acid groups (broad SMARTS) is 1. The van der Waals surface area contributed by atoms with Gasteiger partial charge in [-0.15, -0.1) is 0 Å². The molecule has 100 valence electrons. The summed E-state index contributed by atoms with van der Waals surface area (Å²) >= 11 is 0. The van der Waals surface area contributed by atoms with Gasteiger partial charge >= 0.3 is 5.97 Å². The molecule has 6 heteroatoms. The van der Waals surface area contributed by atoms with Crippen molar-refractivity contribution in [3.05, 3.63) is 34.6 Å². The van der Waals surface area contributed by atoms with Gasteiger partial charge in [-0.3, -0.25) is 0 Å². The van der Waals surface area contributed by atoms with Crippen LogP contribution < -0.4 is 0 Å². The average Bonchev–Trinajstić information content (AvgIpc) is 2.80. The Hall–Kier alpha value is -2.21. The van der Waals surface area contributed by atoms with Crippen molar-refractivity contribution in [2.45, 2.75) is 20.5 Å². The van der Waals surface area contributed by atoms with E-state index in [1.807, 2.05) is 6.07 Å². The third kappa shape index (κ3) is 2.48. The second-order valence-corrected chi connectivity index (χ2v) is 4.20. The minimum absolute atomic E-state index is 0.188. The topological polar surface area (TPSA) is 85.5 Å². The van der Waals surface area contributed by atoms with Crippen molar-refractivity contribution < 1.29 is 19.2 Å². The lowest BCUT2D eigenvalue weighted by Crippen LogP contribution is -2.04. The molecule has 0 aliphatic rings. The highest BCUT2D eigenvalue weighted by Crippen LogP contribution is 2.28. The lowest BCUT2D eigenvalue weighted by Gasteiger charge is -2.08. The smallest absolute Gasteiger partial charge is 0.336 e. The van der Waals surface area contributed by atoms with E-state index in [1.54, 1.807) is 19.9 Å². The summed E-state index contributed by atoms with van der Waals surface area (Å²) in [5.41, 5.74) is 2.07. The van der Waals surface area contributed by atoms with Crippen LogP contribution in [-0.4, -0.2) is 28.3 Å². The molecule has 19 heavy (non-hydrogen) atoms. The molecule has 2 rings (SSSR count). The van der Waals surface area contributed by atoms with Gasteiger partial charge in [-0.05, 0) is 25.0 Å². The standard InChI is InChI=1S/C13H14N2O4/c1-7-4-5-8(2)11(13(16)17)10(7)12-14-9(6-18-3)15-19-12/h4-5H,6H2,1-3H3,(H,16,17). The Bertz CT molecular complexity index is 619. The first-order valence-corrected chi connectivity index (χ1v) is 5.70. The molecule has 1 aromatic carbocycles. The van der Waals surface area contributed by atoms with E-state index in [0.717, 1.165) is 5.56 Å². The van der Waals surface area contributed by atoms with Crippen molar-refractivity contribution in [3.8, 4) is 11.5 Å². The van der Waals surface area contributed by atoms with Crippen LogP contribution in [0.15, 0.2) is 16.7 Å². The van der Waals surface area contributed by atoms with Gasteiger partial charge in [-0.25, -0.2) is 4.79 Å². The van der Waals surface area contributed by atoms with Crippen molar-refractivity contribution >= 4 is 5.97 Å². The number of methoxy groups -OCH3 is 1. The van der Waals surface area contributed by atoms with E-state index in [0.29, 0.717) is 17.0 Å². The molecule has 0 bridgehead atoms. The molecule has 0 amide bonds. The molecule has 2 aromatic rings. The minimum atomic E-state index is -1.01. The molecule has 0 unspecified atom stereocenters. The first-order chi connectivity index (χ1) is 9.04. The largest absolute Gasteiger partial charge is 0.478 e. The molecule has 0 aliphatic heterocycles. The Morgan fingerprint density at radius 3 is 2.68 bits per heavy atom. The summed E-state index contributed by atoms with van der Waals surface area (Å²) in [5, 5.41) is 13.1. The van der Waals surface area contributed by atoms with Gasteiger partial charge in [0.25, 0.3) is 5.89 Å². The van der Waals surface area contributed by atoms with Crippen LogP contribution in [0.2, 0.25) is 0 Å². The van der Waals surface area contributed by atoms with Crippen molar-refractivity contribution in [3.63, 3.8) is 0 Å². The molecule has 1 aromatic heterocycles.